The molecule has 2 N–H and O–H groups in total. The molecule has 2 aromatic rings. The van der Waals surface area contributed by atoms with Gasteiger partial charge in [0.1, 0.15) is 0 Å². The molecule has 0 atom stereocenters. The number of carbonyl (C=O) groups excluding carboxylic acids is 2. The smallest absolute Gasteiger partial charge is 0.253 e. The first-order valence-electron chi connectivity index (χ1n) is 11.0. The fraction of sp³-hybridized carbons (Fsp3) is 0.440. The maximum absolute atomic E-state index is 12.5. The van der Waals surface area contributed by atoms with E-state index in [-0.39, 0.29) is 41.1 Å². The summed E-state index contributed by atoms with van der Waals surface area (Å²) in [6.07, 6.45) is 0.0229. The van der Waals surface area contributed by atoms with Crippen LogP contribution < -0.4 is 10.0 Å². The highest BCUT2D eigenvalue weighted by Crippen LogP contribution is 2.23. The van der Waals surface area contributed by atoms with Crippen molar-refractivity contribution in [1.29, 1.82) is 0 Å². The number of carbonyl (C=O) groups is 2. The highest BCUT2D eigenvalue weighted by Gasteiger charge is 2.18. The molecule has 8 heteroatoms. The molecule has 0 saturated carbocycles. The van der Waals surface area contributed by atoms with Gasteiger partial charge in [-0.3, -0.25) is 9.59 Å². The van der Waals surface area contributed by atoms with Crippen LogP contribution in [0.15, 0.2) is 53.4 Å². The molecule has 0 unspecified atom stereocenters. The standard InChI is InChI=1S/C25H35N3O4S/c1-18(2)28(6)24(30)20-9-7-19(8-10-20)17-26-23(29)15-16-27-33(31,32)22-13-11-21(12-14-22)25(3,4)5/h7-14,18,27H,15-17H2,1-6H3,(H,26,29). The summed E-state index contributed by atoms with van der Waals surface area (Å²) in [7, 11) is -1.92. The monoisotopic (exact) mass is 473 g/mol. The average Bonchev–Trinajstić information content (AvgIpc) is 2.76. The van der Waals surface area contributed by atoms with Gasteiger partial charge in [0.2, 0.25) is 15.9 Å². The number of sulfonamides is 1. The van der Waals surface area contributed by atoms with Crippen LogP contribution in [0.2, 0.25) is 0 Å². The van der Waals surface area contributed by atoms with Crippen molar-refractivity contribution in [3.63, 3.8) is 0 Å². The van der Waals surface area contributed by atoms with E-state index in [4.69, 9.17) is 0 Å². The van der Waals surface area contributed by atoms with Crippen molar-refractivity contribution in [2.45, 2.75) is 63.9 Å². The predicted molar refractivity (Wildman–Crippen MR) is 130 cm³/mol. The molecule has 33 heavy (non-hydrogen) atoms. The summed E-state index contributed by atoms with van der Waals surface area (Å²) in [6, 6.07) is 14.0. The maximum atomic E-state index is 12.5. The zero-order valence-electron chi connectivity index (χ0n) is 20.3. The van der Waals surface area contributed by atoms with Crippen LogP contribution >= 0.6 is 0 Å². The SMILES string of the molecule is CC(C)N(C)C(=O)c1ccc(CNC(=O)CCNS(=O)(=O)c2ccc(C(C)(C)C)cc2)cc1. The lowest BCUT2D eigenvalue weighted by Gasteiger charge is -2.21. The molecule has 180 valence electrons. The number of benzene rings is 2. The van der Waals surface area contributed by atoms with E-state index in [0.717, 1.165) is 11.1 Å². The van der Waals surface area contributed by atoms with E-state index in [0.29, 0.717) is 12.1 Å². The Hall–Kier alpha value is -2.71. The second kappa shape index (κ2) is 10.9. The normalized spacial score (nSPS) is 12.0. The summed E-state index contributed by atoms with van der Waals surface area (Å²) >= 11 is 0. The van der Waals surface area contributed by atoms with Gasteiger partial charge in [-0.15, -0.1) is 0 Å². The second-order valence-corrected chi connectivity index (χ2v) is 11.2. The summed E-state index contributed by atoms with van der Waals surface area (Å²) in [5, 5.41) is 2.77. The van der Waals surface area contributed by atoms with E-state index in [1.807, 2.05) is 13.8 Å². The molecule has 0 spiro atoms. The molecule has 0 aliphatic heterocycles. The van der Waals surface area contributed by atoms with Crippen LogP contribution in [-0.2, 0) is 26.8 Å². The molecule has 7 nitrogen and oxygen atoms in total. The minimum Gasteiger partial charge on any atom is -0.352 e. The van der Waals surface area contributed by atoms with Crippen LogP contribution in [0.5, 0.6) is 0 Å². The van der Waals surface area contributed by atoms with Gasteiger partial charge in [0.05, 0.1) is 4.90 Å². The molecule has 0 bridgehead atoms. The van der Waals surface area contributed by atoms with Crippen LogP contribution in [0.4, 0.5) is 0 Å². The molecule has 2 rings (SSSR count). The fourth-order valence-electron chi connectivity index (χ4n) is 3.01. The van der Waals surface area contributed by atoms with E-state index in [1.54, 1.807) is 60.5 Å². The van der Waals surface area contributed by atoms with Crippen LogP contribution in [0, 0.1) is 0 Å². The van der Waals surface area contributed by atoms with E-state index >= 15 is 0 Å². The minimum absolute atomic E-state index is 0.00413. The topological polar surface area (TPSA) is 95.6 Å². The molecule has 0 fully saturated rings. The lowest BCUT2D eigenvalue weighted by molar-refractivity contribution is -0.121. The van der Waals surface area contributed by atoms with Gasteiger partial charge in [-0.25, -0.2) is 13.1 Å². The first-order valence-corrected chi connectivity index (χ1v) is 12.5. The first-order chi connectivity index (χ1) is 15.3. The molecule has 0 aliphatic rings. The number of rotatable bonds is 9. The Morgan fingerprint density at radius 1 is 0.970 bits per heavy atom. The third-order valence-electron chi connectivity index (χ3n) is 5.46. The van der Waals surface area contributed by atoms with Crippen molar-refractivity contribution in [2.24, 2.45) is 0 Å². The number of amides is 2. The maximum Gasteiger partial charge on any atom is 0.253 e. The predicted octanol–water partition coefficient (Wildman–Crippen LogP) is 3.45. The Labute approximate surface area is 197 Å². The van der Waals surface area contributed by atoms with E-state index in [2.05, 4.69) is 30.8 Å². The van der Waals surface area contributed by atoms with Crippen molar-refractivity contribution in [2.75, 3.05) is 13.6 Å². The molecule has 2 aromatic carbocycles. The fourth-order valence-corrected chi connectivity index (χ4v) is 4.04. The Morgan fingerprint density at radius 3 is 2.06 bits per heavy atom. The van der Waals surface area contributed by atoms with E-state index < -0.39 is 10.0 Å². The van der Waals surface area contributed by atoms with Crippen LogP contribution in [0.3, 0.4) is 0 Å². The summed E-state index contributed by atoms with van der Waals surface area (Å²) in [5.41, 5.74) is 2.43. The van der Waals surface area contributed by atoms with Crippen LogP contribution in [0.1, 0.15) is 62.5 Å². The summed E-state index contributed by atoms with van der Waals surface area (Å²) in [6.45, 7) is 10.4. The zero-order chi connectivity index (χ0) is 24.8. The van der Waals surface area contributed by atoms with Gasteiger partial charge < -0.3 is 10.2 Å². The second-order valence-electron chi connectivity index (χ2n) is 9.41. The van der Waals surface area contributed by atoms with Gasteiger partial charge in [-0.05, 0) is 54.7 Å². The van der Waals surface area contributed by atoms with Crippen molar-refractivity contribution >= 4 is 21.8 Å². The molecule has 2 amide bonds. The highest BCUT2D eigenvalue weighted by atomic mass is 32.2. The van der Waals surface area contributed by atoms with E-state index in [9.17, 15) is 18.0 Å². The largest absolute Gasteiger partial charge is 0.352 e. The van der Waals surface area contributed by atoms with Gasteiger partial charge >= 0.3 is 0 Å². The average molecular weight is 474 g/mol. The summed E-state index contributed by atoms with van der Waals surface area (Å²) in [5.74, 6) is -0.318. The van der Waals surface area contributed by atoms with Crippen molar-refractivity contribution in [3.05, 3.63) is 65.2 Å². The highest BCUT2D eigenvalue weighted by molar-refractivity contribution is 7.89. The van der Waals surface area contributed by atoms with Crippen LogP contribution in [0.25, 0.3) is 0 Å². The number of hydrogen-bond acceptors (Lipinski definition) is 4. The Balaban J connectivity index is 1.82. The van der Waals surface area contributed by atoms with Crippen molar-refractivity contribution < 1.29 is 18.0 Å². The van der Waals surface area contributed by atoms with Gasteiger partial charge in [0, 0.05) is 38.2 Å². The van der Waals surface area contributed by atoms with Gasteiger partial charge in [-0.1, -0.05) is 45.0 Å². The zero-order valence-corrected chi connectivity index (χ0v) is 21.1. The molecular weight excluding hydrogens is 438 g/mol. The van der Waals surface area contributed by atoms with E-state index in [1.165, 1.54) is 0 Å². The lowest BCUT2D eigenvalue weighted by atomic mass is 9.87. The lowest BCUT2D eigenvalue weighted by Crippen LogP contribution is -2.33. The minimum atomic E-state index is -3.68. The molecule has 0 heterocycles. The summed E-state index contributed by atoms with van der Waals surface area (Å²) < 4.78 is 27.4. The van der Waals surface area contributed by atoms with Gasteiger partial charge in [-0.2, -0.15) is 0 Å². The molecular formula is C25H35N3O4S. The quantitative estimate of drug-likeness (QED) is 0.583. The van der Waals surface area contributed by atoms with Crippen LogP contribution in [-0.4, -0.2) is 44.8 Å². The Morgan fingerprint density at radius 2 is 1.55 bits per heavy atom. The summed E-state index contributed by atoms with van der Waals surface area (Å²) in [4.78, 5) is 26.3. The van der Waals surface area contributed by atoms with Crippen molar-refractivity contribution in [3.8, 4) is 0 Å². The molecule has 0 aliphatic carbocycles. The first kappa shape index (κ1) is 26.5. The number of nitrogens with zero attached hydrogens (tertiary/aromatic N) is 1. The number of hydrogen-bond donors (Lipinski definition) is 2. The number of nitrogens with one attached hydrogen (secondary N) is 2. The van der Waals surface area contributed by atoms with Crippen molar-refractivity contribution in [1.82, 2.24) is 14.9 Å². The third-order valence-corrected chi connectivity index (χ3v) is 6.94. The van der Waals surface area contributed by atoms with Gasteiger partial charge in [0.25, 0.3) is 5.91 Å². The van der Waals surface area contributed by atoms with Gasteiger partial charge in [0.15, 0.2) is 0 Å². The Bertz CT molecular complexity index is 1050. The molecule has 0 radical (unpaired) electrons. The molecule has 0 saturated heterocycles. The third kappa shape index (κ3) is 7.68. The Kier molecular flexibility index (Phi) is 8.80. The molecule has 0 aromatic heterocycles.